The highest BCUT2D eigenvalue weighted by Crippen LogP contribution is 2.13. The highest BCUT2D eigenvalue weighted by atomic mass is 32.2. The molecule has 2 rings (SSSR count). The molecule has 2 aromatic heterocycles. The topological polar surface area (TPSA) is 83.8 Å². The minimum absolute atomic E-state index is 0.00757. The predicted octanol–water partition coefficient (Wildman–Crippen LogP) is 2.57. The number of aromatic nitrogens is 3. The van der Waals surface area contributed by atoms with Crippen LogP contribution in [0.1, 0.15) is 31.9 Å². The van der Waals surface area contributed by atoms with E-state index in [1.165, 1.54) is 11.8 Å². The van der Waals surface area contributed by atoms with Crippen molar-refractivity contribution >= 4 is 29.8 Å². The summed E-state index contributed by atoms with van der Waals surface area (Å²) in [5.74, 6) is 1.67. The summed E-state index contributed by atoms with van der Waals surface area (Å²) in [4.78, 5) is 15.9. The third kappa shape index (κ3) is 5.11. The van der Waals surface area contributed by atoms with Crippen LogP contribution >= 0.6 is 11.8 Å². The van der Waals surface area contributed by atoms with Crippen LogP contribution in [0.5, 0.6) is 0 Å². The predicted molar refractivity (Wildman–Crippen MR) is 82.6 cm³/mol. The highest BCUT2D eigenvalue weighted by molar-refractivity contribution is 7.99. The van der Waals surface area contributed by atoms with Crippen LogP contribution in [-0.2, 0) is 4.79 Å². The second kappa shape index (κ2) is 7.68. The maximum atomic E-state index is 11.6. The number of furan rings is 1. The maximum absolute atomic E-state index is 11.6. The molecule has 0 aliphatic carbocycles. The molecule has 1 atom stereocenters. The van der Waals surface area contributed by atoms with Crippen LogP contribution in [0, 0.1) is 0 Å². The molecule has 2 heterocycles. The van der Waals surface area contributed by atoms with E-state index in [1.807, 2.05) is 26.0 Å². The lowest BCUT2D eigenvalue weighted by Crippen LogP contribution is -2.33. The summed E-state index contributed by atoms with van der Waals surface area (Å²) in [5, 5.41) is 10.3. The quantitative estimate of drug-likeness (QED) is 0.768. The van der Waals surface area contributed by atoms with E-state index in [-0.39, 0.29) is 11.9 Å². The second-order valence-corrected chi connectivity index (χ2v) is 5.46. The van der Waals surface area contributed by atoms with Gasteiger partial charge in [0.15, 0.2) is 0 Å². The molecule has 0 aromatic carbocycles. The number of nitrogens with zero attached hydrogens (tertiary/aromatic N) is 2. The molecule has 0 aliphatic rings. The molecule has 0 fully saturated rings. The number of amides is 1. The first-order valence-corrected chi connectivity index (χ1v) is 7.72. The molecule has 6 nitrogen and oxygen atoms in total. The van der Waals surface area contributed by atoms with Crippen LogP contribution in [0.2, 0.25) is 0 Å². The van der Waals surface area contributed by atoms with Crippen LogP contribution in [0.15, 0.2) is 28.0 Å². The van der Waals surface area contributed by atoms with Crippen molar-refractivity contribution in [2.24, 2.45) is 0 Å². The Kier molecular flexibility index (Phi) is 5.62. The summed E-state index contributed by atoms with van der Waals surface area (Å²) >= 11 is 1.30. The number of H-pyrrole nitrogens is 1. The number of carbonyl (C=O) groups is 1. The van der Waals surface area contributed by atoms with Crippen LogP contribution in [0.3, 0.4) is 0 Å². The smallest absolute Gasteiger partial charge is 0.230 e. The maximum Gasteiger partial charge on any atom is 0.230 e. The molecule has 0 bridgehead atoms. The molecule has 1 unspecified atom stereocenters. The van der Waals surface area contributed by atoms with Crippen LogP contribution in [0.4, 0.5) is 0 Å². The lowest BCUT2D eigenvalue weighted by atomic mass is 10.3. The number of thioether (sulfide) groups is 1. The number of aromatic amines is 1. The summed E-state index contributed by atoms with van der Waals surface area (Å²) in [6.07, 6.45) is 6.09. The normalized spacial score (nSPS) is 12.7. The molecule has 0 radical (unpaired) electrons. The molecule has 2 N–H and O–H groups in total. The third-order valence-corrected chi connectivity index (χ3v) is 3.63. The van der Waals surface area contributed by atoms with E-state index in [2.05, 4.69) is 20.5 Å². The average molecular weight is 306 g/mol. The van der Waals surface area contributed by atoms with E-state index < -0.39 is 0 Å². The van der Waals surface area contributed by atoms with Crippen molar-refractivity contribution in [3.63, 3.8) is 0 Å². The SMILES string of the molecule is CCC(C)NC(=O)CSc1n[nH]c(/C=C/c2ccco2)n1. The Morgan fingerprint density at radius 2 is 2.43 bits per heavy atom. The number of hydrogen-bond donors (Lipinski definition) is 2. The van der Waals surface area contributed by atoms with Gasteiger partial charge in [-0.2, -0.15) is 0 Å². The molecule has 0 spiro atoms. The van der Waals surface area contributed by atoms with Gasteiger partial charge in [-0.3, -0.25) is 9.89 Å². The largest absolute Gasteiger partial charge is 0.465 e. The zero-order valence-electron chi connectivity index (χ0n) is 12.0. The fraction of sp³-hybridized carbons (Fsp3) is 0.357. The van der Waals surface area contributed by atoms with E-state index in [1.54, 1.807) is 18.4 Å². The fourth-order valence-corrected chi connectivity index (χ4v) is 2.11. The molecule has 0 aliphatic heterocycles. The van der Waals surface area contributed by atoms with Gasteiger partial charge in [0.2, 0.25) is 11.1 Å². The zero-order valence-corrected chi connectivity index (χ0v) is 12.8. The van der Waals surface area contributed by atoms with E-state index in [4.69, 9.17) is 4.42 Å². The van der Waals surface area contributed by atoms with Crippen molar-refractivity contribution in [1.82, 2.24) is 20.5 Å². The third-order valence-electron chi connectivity index (χ3n) is 2.78. The van der Waals surface area contributed by atoms with Crippen molar-refractivity contribution in [3.8, 4) is 0 Å². The van der Waals surface area contributed by atoms with Crippen molar-refractivity contribution in [1.29, 1.82) is 0 Å². The molecule has 112 valence electrons. The first-order valence-electron chi connectivity index (χ1n) is 6.73. The molecule has 1 amide bonds. The summed E-state index contributed by atoms with van der Waals surface area (Å²) in [6.45, 7) is 4.01. The first-order chi connectivity index (χ1) is 10.2. The molecular weight excluding hydrogens is 288 g/mol. The number of rotatable bonds is 7. The Balaban J connectivity index is 1.82. The molecular formula is C14H18N4O2S. The Morgan fingerprint density at radius 1 is 1.57 bits per heavy atom. The minimum atomic E-state index is -0.00757. The summed E-state index contributed by atoms with van der Waals surface area (Å²) in [5.41, 5.74) is 0. The van der Waals surface area contributed by atoms with Crippen molar-refractivity contribution in [2.75, 3.05) is 5.75 Å². The lowest BCUT2D eigenvalue weighted by molar-refractivity contribution is -0.119. The van der Waals surface area contributed by atoms with E-state index in [9.17, 15) is 4.79 Å². The second-order valence-electron chi connectivity index (χ2n) is 4.52. The van der Waals surface area contributed by atoms with Crippen molar-refractivity contribution < 1.29 is 9.21 Å². The van der Waals surface area contributed by atoms with Gasteiger partial charge >= 0.3 is 0 Å². The minimum Gasteiger partial charge on any atom is -0.465 e. The monoisotopic (exact) mass is 306 g/mol. The highest BCUT2D eigenvalue weighted by Gasteiger charge is 2.08. The Morgan fingerprint density at radius 3 is 3.14 bits per heavy atom. The van der Waals surface area contributed by atoms with Gasteiger partial charge in [-0.05, 0) is 37.6 Å². The van der Waals surface area contributed by atoms with E-state index in [0.29, 0.717) is 16.7 Å². The van der Waals surface area contributed by atoms with E-state index in [0.717, 1.165) is 12.2 Å². The van der Waals surface area contributed by atoms with Gasteiger partial charge in [0.25, 0.3) is 0 Å². The number of nitrogens with one attached hydrogen (secondary N) is 2. The average Bonchev–Trinajstić information content (AvgIpc) is 3.14. The molecule has 7 heteroatoms. The van der Waals surface area contributed by atoms with Gasteiger partial charge in [-0.15, -0.1) is 5.10 Å². The fourth-order valence-electron chi connectivity index (χ4n) is 1.49. The van der Waals surface area contributed by atoms with Gasteiger partial charge in [0.1, 0.15) is 11.6 Å². The molecule has 21 heavy (non-hydrogen) atoms. The van der Waals surface area contributed by atoms with Crippen LogP contribution < -0.4 is 5.32 Å². The van der Waals surface area contributed by atoms with Crippen molar-refractivity contribution in [2.45, 2.75) is 31.5 Å². The van der Waals surface area contributed by atoms with Crippen LogP contribution in [0.25, 0.3) is 12.2 Å². The van der Waals surface area contributed by atoms with Gasteiger partial charge in [-0.25, -0.2) is 4.98 Å². The van der Waals surface area contributed by atoms with Gasteiger partial charge in [-0.1, -0.05) is 18.7 Å². The number of carbonyl (C=O) groups excluding carboxylic acids is 1. The first kappa shape index (κ1) is 15.4. The van der Waals surface area contributed by atoms with Gasteiger partial charge in [0.05, 0.1) is 12.0 Å². The summed E-state index contributed by atoms with van der Waals surface area (Å²) in [6, 6.07) is 3.86. The Bertz CT molecular complexity index is 592. The van der Waals surface area contributed by atoms with E-state index >= 15 is 0 Å². The van der Waals surface area contributed by atoms with Crippen molar-refractivity contribution in [3.05, 3.63) is 30.0 Å². The lowest BCUT2D eigenvalue weighted by Gasteiger charge is -2.09. The molecule has 0 saturated carbocycles. The summed E-state index contributed by atoms with van der Waals surface area (Å²) in [7, 11) is 0. The summed E-state index contributed by atoms with van der Waals surface area (Å²) < 4.78 is 5.18. The Labute approximate surface area is 127 Å². The number of hydrogen-bond acceptors (Lipinski definition) is 5. The zero-order chi connectivity index (χ0) is 15.1. The van der Waals surface area contributed by atoms with Gasteiger partial charge in [0, 0.05) is 6.04 Å². The standard InChI is InChI=1S/C14H18N4O2S/c1-3-10(2)15-13(19)9-21-14-16-12(17-18-14)7-6-11-5-4-8-20-11/h4-8,10H,3,9H2,1-2H3,(H,15,19)(H,16,17,18)/b7-6+. The molecule has 2 aromatic rings. The Hall–Kier alpha value is -2.02. The van der Waals surface area contributed by atoms with Crippen LogP contribution in [-0.4, -0.2) is 32.9 Å². The van der Waals surface area contributed by atoms with Gasteiger partial charge < -0.3 is 9.73 Å². The molecule has 0 saturated heterocycles.